The summed E-state index contributed by atoms with van der Waals surface area (Å²) in [6, 6.07) is 4.07. The smallest absolute Gasteiger partial charge is 0.416 e. The molecule has 106 valence electrons. The van der Waals surface area contributed by atoms with Gasteiger partial charge in [0.1, 0.15) is 6.04 Å². The van der Waals surface area contributed by atoms with Crippen molar-refractivity contribution in [2.45, 2.75) is 32.0 Å². The number of carbonyl (C=O) groups excluding carboxylic acids is 1. The average Bonchev–Trinajstić information content (AvgIpc) is 2.35. The van der Waals surface area contributed by atoms with E-state index in [2.05, 4.69) is 0 Å². The number of hydrogen-bond donors (Lipinski definition) is 1. The van der Waals surface area contributed by atoms with E-state index in [1.54, 1.807) is 6.92 Å². The quantitative estimate of drug-likeness (QED) is 0.840. The van der Waals surface area contributed by atoms with Gasteiger partial charge in [-0.1, -0.05) is 12.1 Å². The normalized spacial score (nSPS) is 13.1. The predicted octanol–water partition coefficient (Wildman–Crippen LogP) is 2.53. The summed E-state index contributed by atoms with van der Waals surface area (Å²) in [6.07, 6.45) is -3.57. The fourth-order valence-corrected chi connectivity index (χ4v) is 1.55. The molecule has 0 aliphatic rings. The summed E-state index contributed by atoms with van der Waals surface area (Å²) in [6.45, 7) is 1.94. The molecular weight excluding hydrogens is 259 g/mol. The van der Waals surface area contributed by atoms with Crippen LogP contribution in [0.5, 0.6) is 0 Å². The first-order valence-electron chi connectivity index (χ1n) is 5.93. The first-order chi connectivity index (χ1) is 8.84. The molecule has 0 aliphatic carbocycles. The Bertz CT molecular complexity index is 415. The van der Waals surface area contributed by atoms with Crippen LogP contribution in [-0.2, 0) is 22.1 Å². The molecule has 0 amide bonds. The van der Waals surface area contributed by atoms with E-state index in [4.69, 9.17) is 10.5 Å². The highest BCUT2D eigenvalue weighted by Gasteiger charge is 2.29. The molecule has 1 aromatic rings. The molecule has 1 aromatic carbocycles. The molecule has 0 heterocycles. The molecule has 0 bridgehead atoms. The van der Waals surface area contributed by atoms with Crippen LogP contribution in [0.25, 0.3) is 0 Å². The first kappa shape index (κ1) is 15.5. The highest BCUT2D eigenvalue weighted by molar-refractivity contribution is 5.75. The molecule has 6 heteroatoms. The molecule has 0 radical (unpaired) electrons. The topological polar surface area (TPSA) is 52.3 Å². The minimum Gasteiger partial charge on any atom is -0.465 e. The van der Waals surface area contributed by atoms with Crippen molar-refractivity contribution in [2.24, 2.45) is 5.73 Å². The van der Waals surface area contributed by atoms with Gasteiger partial charge in [-0.05, 0) is 37.5 Å². The van der Waals surface area contributed by atoms with Crippen LogP contribution in [0.15, 0.2) is 24.3 Å². The highest BCUT2D eigenvalue weighted by atomic mass is 19.4. The monoisotopic (exact) mass is 275 g/mol. The van der Waals surface area contributed by atoms with E-state index in [0.29, 0.717) is 18.4 Å². The second kappa shape index (κ2) is 6.56. The molecule has 2 N–H and O–H groups in total. The first-order valence-corrected chi connectivity index (χ1v) is 5.93. The van der Waals surface area contributed by atoms with Gasteiger partial charge >= 0.3 is 12.1 Å². The van der Waals surface area contributed by atoms with Gasteiger partial charge in [-0.3, -0.25) is 4.79 Å². The largest absolute Gasteiger partial charge is 0.465 e. The zero-order valence-corrected chi connectivity index (χ0v) is 10.5. The van der Waals surface area contributed by atoms with E-state index in [9.17, 15) is 18.0 Å². The number of rotatable bonds is 5. The molecule has 0 fully saturated rings. The molecule has 0 saturated carbocycles. The van der Waals surface area contributed by atoms with Crippen LogP contribution in [0.3, 0.4) is 0 Å². The molecule has 3 nitrogen and oxygen atoms in total. The van der Waals surface area contributed by atoms with E-state index in [-0.39, 0.29) is 6.61 Å². The molecular formula is C13H16F3NO2. The van der Waals surface area contributed by atoms with Crippen molar-refractivity contribution < 1.29 is 22.7 Å². The van der Waals surface area contributed by atoms with Crippen molar-refractivity contribution in [3.05, 3.63) is 35.4 Å². The van der Waals surface area contributed by atoms with Crippen molar-refractivity contribution in [3.63, 3.8) is 0 Å². The van der Waals surface area contributed by atoms with Crippen LogP contribution >= 0.6 is 0 Å². The van der Waals surface area contributed by atoms with Crippen LogP contribution in [0, 0.1) is 0 Å². The molecule has 1 unspecified atom stereocenters. The molecule has 0 aliphatic heterocycles. The van der Waals surface area contributed by atoms with E-state index < -0.39 is 23.8 Å². The van der Waals surface area contributed by atoms with Crippen LogP contribution in [0.1, 0.15) is 24.5 Å². The standard InChI is InChI=1S/C13H16F3NO2/c1-2-19-12(18)11(17)8-5-9-3-6-10(7-4-9)13(14,15)16/h3-4,6-7,11H,2,5,8,17H2,1H3. The Kier molecular flexibility index (Phi) is 5.35. The fraction of sp³-hybridized carbons (Fsp3) is 0.462. The van der Waals surface area contributed by atoms with E-state index in [0.717, 1.165) is 12.1 Å². The maximum absolute atomic E-state index is 12.3. The number of halogens is 3. The summed E-state index contributed by atoms with van der Waals surface area (Å²) in [4.78, 5) is 11.3. The molecule has 0 spiro atoms. The Morgan fingerprint density at radius 2 is 1.89 bits per heavy atom. The van der Waals surface area contributed by atoms with Crippen LogP contribution in [-0.4, -0.2) is 18.6 Å². The SMILES string of the molecule is CCOC(=O)C(N)CCc1ccc(C(F)(F)F)cc1. The second-order valence-electron chi connectivity index (χ2n) is 4.09. The number of esters is 1. The Morgan fingerprint density at radius 3 is 2.37 bits per heavy atom. The number of carbonyl (C=O) groups is 1. The van der Waals surface area contributed by atoms with Crippen molar-refractivity contribution in [1.82, 2.24) is 0 Å². The number of hydrogen-bond acceptors (Lipinski definition) is 3. The van der Waals surface area contributed by atoms with Crippen molar-refractivity contribution in [2.75, 3.05) is 6.61 Å². The van der Waals surface area contributed by atoms with E-state index in [1.807, 2.05) is 0 Å². The fourth-order valence-electron chi connectivity index (χ4n) is 1.55. The van der Waals surface area contributed by atoms with Gasteiger partial charge in [-0.2, -0.15) is 13.2 Å². The Hall–Kier alpha value is -1.56. The lowest BCUT2D eigenvalue weighted by Gasteiger charge is -2.11. The number of benzene rings is 1. The van der Waals surface area contributed by atoms with Gasteiger partial charge in [0.2, 0.25) is 0 Å². The maximum atomic E-state index is 12.3. The third-order valence-electron chi connectivity index (χ3n) is 2.61. The number of alkyl halides is 3. The van der Waals surface area contributed by atoms with Gasteiger partial charge in [-0.25, -0.2) is 0 Å². The minimum atomic E-state index is -4.33. The molecule has 1 atom stereocenters. The Labute approximate surface area is 109 Å². The lowest BCUT2D eigenvalue weighted by Crippen LogP contribution is -2.32. The number of aryl methyl sites for hydroxylation is 1. The summed E-state index contributed by atoms with van der Waals surface area (Å²) in [5.41, 5.74) is 5.61. The van der Waals surface area contributed by atoms with Gasteiger partial charge in [0, 0.05) is 0 Å². The summed E-state index contributed by atoms with van der Waals surface area (Å²) in [5.74, 6) is -0.491. The number of ether oxygens (including phenoxy) is 1. The second-order valence-corrected chi connectivity index (χ2v) is 4.09. The Balaban J connectivity index is 2.53. The molecule has 0 saturated heterocycles. The van der Waals surface area contributed by atoms with E-state index >= 15 is 0 Å². The summed E-state index contributed by atoms with van der Waals surface area (Å²) in [7, 11) is 0. The highest BCUT2D eigenvalue weighted by Crippen LogP contribution is 2.29. The summed E-state index contributed by atoms with van der Waals surface area (Å²) in [5, 5.41) is 0. The predicted molar refractivity (Wildman–Crippen MR) is 64.4 cm³/mol. The zero-order valence-electron chi connectivity index (χ0n) is 10.5. The van der Waals surface area contributed by atoms with Crippen LogP contribution in [0.2, 0.25) is 0 Å². The van der Waals surface area contributed by atoms with Gasteiger partial charge < -0.3 is 10.5 Å². The molecule has 19 heavy (non-hydrogen) atoms. The lowest BCUT2D eigenvalue weighted by atomic mass is 10.0. The van der Waals surface area contributed by atoms with Crippen LogP contribution in [0.4, 0.5) is 13.2 Å². The van der Waals surface area contributed by atoms with Crippen LogP contribution < -0.4 is 5.73 Å². The van der Waals surface area contributed by atoms with Gasteiger partial charge in [0.25, 0.3) is 0 Å². The average molecular weight is 275 g/mol. The van der Waals surface area contributed by atoms with Gasteiger partial charge in [0.05, 0.1) is 12.2 Å². The third kappa shape index (κ3) is 4.90. The Morgan fingerprint density at radius 1 is 1.32 bits per heavy atom. The number of nitrogens with two attached hydrogens (primary N) is 1. The lowest BCUT2D eigenvalue weighted by molar-refractivity contribution is -0.144. The maximum Gasteiger partial charge on any atom is 0.416 e. The zero-order chi connectivity index (χ0) is 14.5. The van der Waals surface area contributed by atoms with Crippen molar-refractivity contribution in [1.29, 1.82) is 0 Å². The third-order valence-corrected chi connectivity index (χ3v) is 2.61. The summed E-state index contributed by atoms with van der Waals surface area (Å²) < 4.78 is 41.8. The molecule has 1 rings (SSSR count). The van der Waals surface area contributed by atoms with Gasteiger partial charge in [-0.15, -0.1) is 0 Å². The molecule has 0 aromatic heterocycles. The van der Waals surface area contributed by atoms with Crippen molar-refractivity contribution >= 4 is 5.97 Å². The van der Waals surface area contributed by atoms with Crippen molar-refractivity contribution in [3.8, 4) is 0 Å². The summed E-state index contributed by atoms with van der Waals surface area (Å²) >= 11 is 0. The minimum absolute atomic E-state index is 0.257. The van der Waals surface area contributed by atoms with Gasteiger partial charge in [0.15, 0.2) is 0 Å². The van der Waals surface area contributed by atoms with E-state index in [1.165, 1.54) is 12.1 Å².